The van der Waals surface area contributed by atoms with Crippen molar-refractivity contribution >= 4 is 35.1 Å². The van der Waals surface area contributed by atoms with Crippen molar-refractivity contribution in [3.05, 3.63) is 11.6 Å². The lowest BCUT2D eigenvalue weighted by molar-refractivity contribution is -0.135. The van der Waals surface area contributed by atoms with Gasteiger partial charge in [-0.2, -0.15) is 0 Å². The molecule has 0 unspecified atom stereocenters. The quantitative estimate of drug-likeness (QED) is 0.522. The Labute approximate surface area is 72.0 Å². The first kappa shape index (κ1) is 10.3. The fourth-order valence-electron chi connectivity index (χ4n) is 0.351. The van der Waals surface area contributed by atoms with E-state index in [-0.39, 0.29) is 0 Å². The van der Waals surface area contributed by atoms with E-state index in [9.17, 15) is 9.59 Å². The summed E-state index contributed by atoms with van der Waals surface area (Å²) in [7, 11) is 0. The molecule has 0 fully saturated rings. The van der Waals surface area contributed by atoms with Gasteiger partial charge in [0.2, 0.25) is 0 Å². The number of hydrogen-bond acceptors (Lipinski definition) is 2. The Kier molecular flexibility index (Phi) is 3.92. The lowest BCUT2D eigenvalue weighted by Gasteiger charge is -1.98. The zero-order valence-electron chi connectivity index (χ0n) is 5.12. The Morgan fingerprint density at radius 1 is 1.27 bits per heavy atom. The Bertz CT molecular complexity index is 209. The van der Waals surface area contributed by atoms with Gasteiger partial charge in [0, 0.05) is 6.08 Å². The second-order valence-electron chi connectivity index (χ2n) is 1.54. The first-order valence-electron chi connectivity index (χ1n) is 2.41. The van der Waals surface area contributed by atoms with Crippen LogP contribution in [0.15, 0.2) is 11.6 Å². The van der Waals surface area contributed by atoms with E-state index < -0.39 is 22.3 Å². The second-order valence-corrected chi connectivity index (χ2v) is 2.64. The molecule has 4 nitrogen and oxygen atoms in total. The molecule has 0 aromatic rings. The molecule has 62 valence electrons. The number of rotatable bonds is 3. The summed E-state index contributed by atoms with van der Waals surface area (Å²) < 4.78 is 0. The number of halogens is 2. The number of aliphatic carboxylic acids is 2. The molecule has 0 saturated carbocycles. The molecule has 2 N–H and O–H groups in total. The van der Waals surface area contributed by atoms with Gasteiger partial charge in [-0.15, -0.1) is 0 Å². The van der Waals surface area contributed by atoms with Crippen LogP contribution in [0, 0.1) is 0 Å². The minimum atomic E-state index is -1.44. The van der Waals surface area contributed by atoms with Crippen molar-refractivity contribution in [3.8, 4) is 0 Å². The van der Waals surface area contributed by atoms with Gasteiger partial charge in [-0.3, -0.25) is 0 Å². The van der Waals surface area contributed by atoms with Crippen LogP contribution >= 0.6 is 23.2 Å². The van der Waals surface area contributed by atoms with Crippen molar-refractivity contribution in [2.24, 2.45) is 0 Å². The van der Waals surface area contributed by atoms with Gasteiger partial charge in [-0.25, -0.2) is 9.59 Å². The van der Waals surface area contributed by atoms with Gasteiger partial charge in [-0.1, -0.05) is 23.2 Å². The molecule has 0 rings (SSSR count). The van der Waals surface area contributed by atoms with Crippen LogP contribution in [-0.2, 0) is 9.59 Å². The molecule has 0 aromatic carbocycles. The lowest BCUT2D eigenvalue weighted by atomic mass is 10.3. The standard InChI is InChI=1S/C5H4Cl2O4/c6-4(7)2(5(10)11)1-3(8)9/h1,4H,(H,8,9)(H,10,11)/b2-1-. The summed E-state index contributed by atoms with van der Waals surface area (Å²) in [6.45, 7) is 0. The van der Waals surface area contributed by atoms with Crippen LogP contribution in [0.3, 0.4) is 0 Å². The Hall–Kier alpha value is -0.740. The summed E-state index contributed by atoms with van der Waals surface area (Å²) in [4.78, 5) is 18.8. The highest BCUT2D eigenvalue weighted by Crippen LogP contribution is 2.13. The summed E-state index contributed by atoms with van der Waals surface area (Å²) in [6.07, 6.45) is 0.451. The average Bonchev–Trinajstić information content (AvgIpc) is 1.81. The minimum Gasteiger partial charge on any atom is -0.478 e. The molecule has 0 aliphatic carbocycles. The summed E-state index contributed by atoms with van der Waals surface area (Å²) in [5.41, 5.74) is -0.555. The van der Waals surface area contributed by atoms with E-state index in [4.69, 9.17) is 33.4 Å². The number of alkyl halides is 2. The molecule has 0 radical (unpaired) electrons. The SMILES string of the molecule is O=C(O)/C=C(\C(=O)O)C(Cl)Cl. The van der Waals surface area contributed by atoms with Crippen LogP contribution in [0.4, 0.5) is 0 Å². The van der Waals surface area contributed by atoms with E-state index in [1.165, 1.54) is 0 Å². The average molecular weight is 199 g/mol. The van der Waals surface area contributed by atoms with Crippen LogP contribution < -0.4 is 0 Å². The molecule has 0 saturated heterocycles. The molecule has 0 amide bonds. The zero-order valence-corrected chi connectivity index (χ0v) is 6.63. The summed E-state index contributed by atoms with van der Waals surface area (Å²) >= 11 is 10.3. The third-order valence-corrected chi connectivity index (χ3v) is 1.23. The lowest BCUT2D eigenvalue weighted by Crippen LogP contribution is -2.09. The van der Waals surface area contributed by atoms with Crippen molar-refractivity contribution < 1.29 is 19.8 Å². The van der Waals surface area contributed by atoms with E-state index in [1.807, 2.05) is 0 Å². The van der Waals surface area contributed by atoms with Gasteiger partial charge in [0.15, 0.2) is 0 Å². The van der Waals surface area contributed by atoms with E-state index in [2.05, 4.69) is 0 Å². The van der Waals surface area contributed by atoms with Gasteiger partial charge in [-0.05, 0) is 0 Å². The molecular weight excluding hydrogens is 195 g/mol. The third kappa shape index (κ3) is 3.85. The molecule has 11 heavy (non-hydrogen) atoms. The number of hydrogen-bond donors (Lipinski definition) is 2. The Morgan fingerprint density at radius 2 is 1.73 bits per heavy atom. The van der Waals surface area contributed by atoms with E-state index in [1.54, 1.807) is 0 Å². The molecular formula is C5H4Cl2O4. The fourth-order valence-corrected chi connectivity index (χ4v) is 0.664. The number of carboxylic acids is 2. The zero-order chi connectivity index (χ0) is 9.02. The molecule has 0 aliphatic heterocycles. The highest BCUT2D eigenvalue weighted by molar-refractivity contribution is 6.48. The highest BCUT2D eigenvalue weighted by Gasteiger charge is 2.16. The van der Waals surface area contributed by atoms with Crippen molar-refractivity contribution in [1.82, 2.24) is 0 Å². The summed E-state index contributed by atoms with van der Waals surface area (Å²) in [5.74, 6) is -2.84. The number of carbonyl (C=O) groups is 2. The minimum absolute atomic E-state index is 0.451. The summed E-state index contributed by atoms with van der Waals surface area (Å²) in [5, 5.41) is 16.4. The van der Waals surface area contributed by atoms with Crippen molar-refractivity contribution in [1.29, 1.82) is 0 Å². The highest BCUT2D eigenvalue weighted by atomic mass is 35.5. The summed E-state index contributed by atoms with van der Waals surface area (Å²) in [6, 6.07) is 0. The van der Waals surface area contributed by atoms with E-state index >= 15 is 0 Å². The topological polar surface area (TPSA) is 74.6 Å². The van der Waals surface area contributed by atoms with Crippen LogP contribution in [0.2, 0.25) is 0 Å². The monoisotopic (exact) mass is 198 g/mol. The van der Waals surface area contributed by atoms with Gasteiger partial charge in [0.25, 0.3) is 0 Å². The molecule has 0 atom stereocenters. The molecule has 0 spiro atoms. The largest absolute Gasteiger partial charge is 0.478 e. The van der Waals surface area contributed by atoms with Crippen LogP contribution in [0.5, 0.6) is 0 Å². The molecule has 6 heteroatoms. The fraction of sp³-hybridized carbons (Fsp3) is 0.200. The van der Waals surface area contributed by atoms with Crippen LogP contribution in [0.25, 0.3) is 0 Å². The first-order chi connectivity index (χ1) is 4.95. The third-order valence-electron chi connectivity index (χ3n) is 0.761. The van der Waals surface area contributed by atoms with Crippen LogP contribution in [0.1, 0.15) is 0 Å². The normalized spacial score (nSPS) is 11.7. The maximum absolute atomic E-state index is 10.2. The Morgan fingerprint density at radius 3 is 1.82 bits per heavy atom. The predicted molar refractivity (Wildman–Crippen MR) is 38.8 cm³/mol. The first-order valence-corrected chi connectivity index (χ1v) is 3.28. The van der Waals surface area contributed by atoms with Crippen LogP contribution in [-0.4, -0.2) is 27.0 Å². The van der Waals surface area contributed by atoms with E-state index in [0.29, 0.717) is 6.08 Å². The molecule has 0 bridgehead atoms. The maximum Gasteiger partial charge on any atom is 0.334 e. The molecule has 0 aliphatic rings. The van der Waals surface area contributed by atoms with Gasteiger partial charge in [0.1, 0.15) is 4.84 Å². The van der Waals surface area contributed by atoms with Crippen molar-refractivity contribution in [2.45, 2.75) is 4.84 Å². The smallest absolute Gasteiger partial charge is 0.334 e. The maximum atomic E-state index is 10.2. The number of carboxylic acid groups (broad SMARTS) is 2. The van der Waals surface area contributed by atoms with Crippen molar-refractivity contribution in [3.63, 3.8) is 0 Å². The van der Waals surface area contributed by atoms with E-state index in [0.717, 1.165) is 0 Å². The molecule has 0 heterocycles. The predicted octanol–water partition coefficient (Wildman–Crippen LogP) is 0.886. The van der Waals surface area contributed by atoms with Crippen molar-refractivity contribution in [2.75, 3.05) is 0 Å². The molecule has 0 aromatic heterocycles. The second kappa shape index (κ2) is 4.20. The van der Waals surface area contributed by atoms with Gasteiger partial charge >= 0.3 is 11.9 Å². The van der Waals surface area contributed by atoms with Gasteiger partial charge in [0.05, 0.1) is 5.57 Å². The Balaban J connectivity index is 4.60. The van der Waals surface area contributed by atoms with Gasteiger partial charge < -0.3 is 10.2 Å².